The molecule has 0 aliphatic rings. The quantitative estimate of drug-likeness (QED) is 0.0281. The molecule has 2 unspecified atom stereocenters. The van der Waals surface area contributed by atoms with Crippen molar-refractivity contribution in [2.45, 2.75) is 276 Å². The second-order valence-corrected chi connectivity index (χ2v) is 19.5. The zero-order valence-electron chi connectivity index (χ0n) is 41.9. The number of hydrogen-bond acceptors (Lipinski definition) is 6. The number of carboxylic acids is 1. The predicted octanol–water partition coefficient (Wildman–Crippen LogP) is 15.4. The molecule has 0 heterocycles. The van der Waals surface area contributed by atoms with Crippen molar-refractivity contribution in [1.82, 2.24) is 0 Å². The van der Waals surface area contributed by atoms with Crippen LogP contribution in [0, 0.1) is 0 Å². The van der Waals surface area contributed by atoms with Gasteiger partial charge in [0.25, 0.3) is 0 Å². The lowest BCUT2D eigenvalue weighted by molar-refractivity contribution is -0.887. The molecule has 8 nitrogen and oxygen atoms in total. The molecule has 0 radical (unpaired) electrons. The fourth-order valence-electron chi connectivity index (χ4n) is 8.27. The molecule has 0 aromatic heterocycles. The largest absolute Gasteiger partial charge is 0.477 e. The van der Waals surface area contributed by atoms with E-state index in [-0.39, 0.29) is 36.2 Å². The van der Waals surface area contributed by atoms with Crippen molar-refractivity contribution in [3.8, 4) is 0 Å². The van der Waals surface area contributed by atoms with Gasteiger partial charge in [-0.05, 0) is 38.5 Å². The van der Waals surface area contributed by atoms with Crippen LogP contribution < -0.4 is 0 Å². The highest BCUT2D eigenvalue weighted by molar-refractivity contribution is 5.72. The molecule has 0 aliphatic heterocycles. The zero-order chi connectivity index (χ0) is 45.6. The van der Waals surface area contributed by atoms with Crippen LogP contribution in [0.25, 0.3) is 0 Å². The Kier molecular flexibility index (Phi) is 44.2. The smallest absolute Gasteiger partial charge is 0.362 e. The molecule has 0 fully saturated rings. The first kappa shape index (κ1) is 60.1. The summed E-state index contributed by atoms with van der Waals surface area (Å²) in [7, 11) is 5.55. The number of quaternary nitrogens is 1. The highest BCUT2D eigenvalue weighted by atomic mass is 16.6. The van der Waals surface area contributed by atoms with E-state index >= 15 is 0 Å². The molecule has 366 valence electrons. The summed E-state index contributed by atoms with van der Waals surface area (Å²) in [5.41, 5.74) is 0. The summed E-state index contributed by atoms with van der Waals surface area (Å²) in [6.07, 6.45) is 51.2. The van der Waals surface area contributed by atoms with Gasteiger partial charge in [0.15, 0.2) is 12.1 Å². The van der Waals surface area contributed by atoms with E-state index in [2.05, 4.69) is 26.0 Å². The van der Waals surface area contributed by atoms with Gasteiger partial charge in [0.05, 0.1) is 34.4 Å². The molecule has 0 aromatic rings. The minimum Gasteiger partial charge on any atom is -0.477 e. The number of carbonyl (C=O) groups is 3. The summed E-state index contributed by atoms with van der Waals surface area (Å²) in [5.74, 6) is -1.45. The Morgan fingerprint density at radius 3 is 1.16 bits per heavy atom. The molecule has 1 N–H and O–H groups in total. The van der Waals surface area contributed by atoms with Crippen molar-refractivity contribution >= 4 is 17.9 Å². The Balaban J connectivity index is 4.17. The first-order valence-corrected chi connectivity index (χ1v) is 26.7. The molecule has 62 heavy (non-hydrogen) atoms. The highest BCUT2D eigenvalue weighted by Crippen LogP contribution is 2.17. The summed E-state index contributed by atoms with van der Waals surface area (Å²) in [6, 6.07) is -0.612. The van der Waals surface area contributed by atoms with Crippen LogP contribution in [0.2, 0.25) is 0 Å². The number of esters is 2. The molecule has 0 saturated carbocycles. The molecular formula is C54H104NO7+. The molecule has 0 rings (SSSR count). The number of likely N-dealkylation sites (N-methyl/N-ethyl adjacent to an activating group) is 1. The van der Waals surface area contributed by atoms with Gasteiger partial charge in [-0.1, -0.05) is 219 Å². The van der Waals surface area contributed by atoms with Gasteiger partial charge in [0.2, 0.25) is 0 Å². The maximum absolute atomic E-state index is 12.8. The number of carbonyl (C=O) groups excluding carboxylic acids is 2. The molecule has 2 atom stereocenters. The SMILES string of the molecule is CCCCCCCCC/C=C/CCCCCCCC(=O)OCC(COCCC(C(=O)O)[N+](C)(C)C)OC(=O)CCCCCCCCCCCCCCCCCCCCCCCC. The normalized spacial score (nSPS) is 12.9. The maximum Gasteiger partial charge on any atom is 0.362 e. The van der Waals surface area contributed by atoms with Crippen molar-refractivity contribution in [3.05, 3.63) is 12.2 Å². The lowest BCUT2D eigenvalue weighted by Gasteiger charge is -2.31. The van der Waals surface area contributed by atoms with E-state index in [0.717, 1.165) is 44.9 Å². The van der Waals surface area contributed by atoms with Crippen LogP contribution >= 0.6 is 0 Å². The fourth-order valence-corrected chi connectivity index (χ4v) is 8.27. The van der Waals surface area contributed by atoms with Gasteiger partial charge in [0.1, 0.15) is 6.61 Å². The number of allylic oxidation sites excluding steroid dienone is 2. The zero-order valence-corrected chi connectivity index (χ0v) is 41.9. The van der Waals surface area contributed by atoms with Crippen molar-refractivity contribution in [2.75, 3.05) is 41.0 Å². The van der Waals surface area contributed by atoms with Crippen LogP contribution in [-0.2, 0) is 28.6 Å². The van der Waals surface area contributed by atoms with E-state index in [1.54, 1.807) is 0 Å². The number of nitrogens with zero attached hydrogens (tertiary/aromatic N) is 1. The fraction of sp³-hybridized carbons (Fsp3) is 0.907. The number of hydrogen-bond donors (Lipinski definition) is 1. The third-order valence-corrected chi connectivity index (χ3v) is 12.4. The van der Waals surface area contributed by atoms with Crippen LogP contribution in [0.5, 0.6) is 0 Å². The van der Waals surface area contributed by atoms with Crippen molar-refractivity contribution in [2.24, 2.45) is 0 Å². The van der Waals surface area contributed by atoms with Gasteiger partial charge in [-0.2, -0.15) is 0 Å². The summed E-state index contributed by atoms with van der Waals surface area (Å²) >= 11 is 0. The van der Waals surface area contributed by atoms with Crippen LogP contribution in [0.1, 0.15) is 264 Å². The lowest BCUT2D eigenvalue weighted by atomic mass is 10.0. The molecule has 0 spiro atoms. The Morgan fingerprint density at radius 1 is 0.468 bits per heavy atom. The number of aliphatic carboxylic acids is 1. The van der Waals surface area contributed by atoms with E-state index < -0.39 is 18.1 Å². The third-order valence-electron chi connectivity index (χ3n) is 12.4. The van der Waals surface area contributed by atoms with Crippen molar-refractivity contribution in [1.29, 1.82) is 0 Å². The third kappa shape index (κ3) is 43.3. The van der Waals surface area contributed by atoms with Gasteiger partial charge < -0.3 is 23.8 Å². The van der Waals surface area contributed by atoms with E-state index in [1.165, 1.54) is 186 Å². The van der Waals surface area contributed by atoms with Crippen LogP contribution in [-0.4, -0.2) is 80.6 Å². The van der Waals surface area contributed by atoms with E-state index in [1.807, 2.05) is 21.1 Å². The minimum absolute atomic E-state index is 0.0488. The minimum atomic E-state index is -0.871. The molecule has 0 aromatic carbocycles. The lowest BCUT2D eigenvalue weighted by Crippen LogP contribution is -2.50. The van der Waals surface area contributed by atoms with E-state index in [0.29, 0.717) is 19.3 Å². The number of unbranched alkanes of at least 4 members (excludes halogenated alkanes) is 33. The number of ether oxygens (including phenoxy) is 3. The average molecular weight is 879 g/mol. The molecule has 8 heteroatoms. The summed E-state index contributed by atoms with van der Waals surface area (Å²) in [5, 5.41) is 9.66. The Morgan fingerprint density at radius 2 is 0.806 bits per heavy atom. The summed E-state index contributed by atoms with van der Waals surface area (Å²) in [4.78, 5) is 37.2. The summed E-state index contributed by atoms with van der Waals surface area (Å²) in [6.45, 7) is 4.78. The molecule has 0 amide bonds. The standard InChI is InChI=1S/C54H103NO7/c1-6-8-10-12-14-16-18-20-22-24-25-26-27-28-29-31-33-35-37-39-41-43-45-53(57)62-50(48-60-47-46-51(54(58)59)55(3,4)5)49-61-52(56)44-42-40-38-36-34-32-30-23-21-19-17-15-13-11-9-7-2/h23,30,50-51H,6-22,24-29,31-49H2,1-5H3/p+1/b30-23+. The van der Waals surface area contributed by atoms with E-state index in [4.69, 9.17) is 14.2 Å². The Hall–Kier alpha value is -1.93. The Labute approximate surface area is 384 Å². The van der Waals surface area contributed by atoms with Gasteiger partial charge in [-0.15, -0.1) is 0 Å². The van der Waals surface area contributed by atoms with Gasteiger partial charge in [-0.25, -0.2) is 4.79 Å². The number of carboxylic acid groups (broad SMARTS) is 1. The van der Waals surface area contributed by atoms with Crippen LogP contribution in [0.3, 0.4) is 0 Å². The molecule has 0 aliphatic carbocycles. The number of rotatable bonds is 49. The van der Waals surface area contributed by atoms with Crippen molar-refractivity contribution in [3.63, 3.8) is 0 Å². The van der Waals surface area contributed by atoms with Gasteiger partial charge in [0, 0.05) is 19.3 Å². The topological polar surface area (TPSA) is 99.1 Å². The van der Waals surface area contributed by atoms with Crippen LogP contribution in [0.4, 0.5) is 0 Å². The van der Waals surface area contributed by atoms with Crippen molar-refractivity contribution < 1.29 is 38.2 Å². The second-order valence-electron chi connectivity index (χ2n) is 19.5. The second kappa shape index (κ2) is 45.6. The first-order chi connectivity index (χ1) is 30.1. The highest BCUT2D eigenvalue weighted by Gasteiger charge is 2.31. The van der Waals surface area contributed by atoms with Crippen LogP contribution in [0.15, 0.2) is 12.2 Å². The summed E-state index contributed by atoms with van der Waals surface area (Å²) < 4.78 is 17.4. The maximum atomic E-state index is 12.8. The molecule has 0 bridgehead atoms. The molecule has 0 saturated heterocycles. The van der Waals surface area contributed by atoms with Gasteiger partial charge in [-0.3, -0.25) is 9.59 Å². The molecular weight excluding hydrogens is 775 g/mol. The monoisotopic (exact) mass is 879 g/mol. The van der Waals surface area contributed by atoms with E-state index in [9.17, 15) is 19.5 Å². The van der Waals surface area contributed by atoms with Gasteiger partial charge >= 0.3 is 17.9 Å². The first-order valence-electron chi connectivity index (χ1n) is 26.7. The Bertz CT molecular complexity index is 1020. The predicted molar refractivity (Wildman–Crippen MR) is 262 cm³/mol. The average Bonchev–Trinajstić information content (AvgIpc) is 3.23.